The Kier molecular flexibility index (Phi) is 6.89. The predicted molar refractivity (Wildman–Crippen MR) is 217 cm³/mol. The van der Waals surface area contributed by atoms with E-state index in [1.807, 2.05) is 0 Å². The molecule has 2 heteroatoms. The van der Waals surface area contributed by atoms with E-state index in [0.29, 0.717) is 0 Å². The fourth-order valence-electron chi connectivity index (χ4n) is 8.10. The van der Waals surface area contributed by atoms with Crippen molar-refractivity contribution in [2.45, 2.75) is 19.8 Å². The van der Waals surface area contributed by atoms with Crippen molar-refractivity contribution in [2.75, 3.05) is 0 Å². The molecule has 1 aliphatic rings. The Bertz CT molecular complexity index is 2840. The van der Waals surface area contributed by atoms with E-state index in [0.717, 1.165) is 12.8 Å². The Morgan fingerprint density at radius 1 is 0.412 bits per heavy atom. The van der Waals surface area contributed by atoms with Gasteiger partial charge in [-0.3, -0.25) is 0 Å². The van der Waals surface area contributed by atoms with Crippen LogP contribution >= 0.6 is 0 Å². The molecule has 0 bridgehead atoms. The van der Waals surface area contributed by atoms with E-state index < -0.39 is 0 Å². The Morgan fingerprint density at radius 3 is 1.76 bits per heavy atom. The SMILES string of the molecule is Cc1ccc(-c2ccc3c4cc(-c5ccc6c(c5)c5ccccc5n6-c5ccccc5)ccc4n(-c4cccc(C5=CC=CCC5)c4)c3c2)cc1. The lowest BCUT2D eigenvalue weighted by Gasteiger charge is -2.14. The van der Waals surface area contributed by atoms with Crippen LogP contribution < -0.4 is 0 Å². The zero-order chi connectivity index (χ0) is 33.9. The van der Waals surface area contributed by atoms with E-state index in [9.17, 15) is 0 Å². The molecule has 0 unspecified atom stereocenters. The summed E-state index contributed by atoms with van der Waals surface area (Å²) in [6.45, 7) is 2.14. The molecule has 2 heterocycles. The topological polar surface area (TPSA) is 9.86 Å². The molecular weight excluding hydrogens is 617 g/mol. The first-order valence-electron chi connectivity index (χ1n) is 17.9. The lowest BCUT2D eigenvalue weighted by atomic mass is 9.97. The second-order valence-corrected chi connectivity index (χ2v) is 13.8. The molecule has 10 rings (SSSR count). The molecule has 0 spiro atoms. The Balaban J connectivity index is 1.17. The molecule has 0 N–H and O–H groups in total. The van der Waals surface area contributed by atoms with Crippen molar-refractivity contribution in [3.63, 3.8) is 0 Å². The molecule has 0 atom stereocenters. The third-order valence-electron chi connectivity index (χ3n) is 10.7. The summed E-state index contributed by atoms with van der Waals surface area (Å²) in [6, 6.07) is 58.3. The monoisotopic (exact) mass is 652 g/mol. The van der Waals surface area contributed by atoms with E-state index in [4.69, 9.17) is 0 Å². The summed E-state index contributed by atoms with van der Waals surface area (Å²) in [5, 5.41) is 5.05. The lowest BCUT2D eigenvalue weighted by Crippen LogP contribution is -1.96. The number of allylic oxidation sites excluding steroid dienone is 4. The molecule has 0 fully saturated rings. The maximum absolute atomic E-state index is 2.46. The van der Waals surface area contributed by atoms with Crippen LogP contribution in [0.1, 0.15) is 24.0 Å². The van der Waals surface area contributed by atoms with Crippen molar-refractivity contribution >= 4 is 49.2 Å². The average molecular weight is 653 g/mol. The van der Waals surface area contributed by atoms with Gasteiger partial charge in [0.2, 0.25) is 0 Å². The third-order valence-corrected chi connectivity index (χ3v) is 10.7. The van der Waals surface area contributed by atoms with Crippen LogP contribution in [0, 0.1) is 6.92 Å². The van der Waals surface area contributed by atoms with Crippen molar-refractivity contribution < 1.29 is 0 Å². The number of aromatic nitrogens is 2. The molecule has 2 nitrogen and oxygen atoms in total. The Hall–Kier alpha value is -6.38. The number of para-hydroxylation sites is 2. The van der Waals surface area contributed by atoms with E-state index in [1.165, 1.54) is 93.9 Å². The van der Waals surface area contributed by atoms with Crippen LogP contribution in [0.5, 0.6) is 0 Å². The van der Waals surface area contributed by atoms with Gasteiger partial charge in [0.25, 0.3) is 0 Å². The minimum Gasteiger partial charge on any atom is -0.309 e. The minimum absolute atomic E-state index is 1.07. The summed E-state index contributed by atoms with van der Waals surface area (Å²) in [6.07, 6.45) is 8.88. The van der Waals surface area contributed by atoms with E-state index in [2.05, 4.69) is 192 Å². The zero-order valence-electron chi connectivity index (χ0n) is 28.6. The molecule has 242 valence electrons. The molecule has 0 saturated heterocycles. The molecule has 7 aromatic carbocycles. The molecule has 0 saturated carbocycles. The normalized spacial score (nSPS) is 13.1. The Morgan fingerprint density at radius 2 is 1.02 bits per heavy atom. The third kappa shape index (κ3) is 4.94. The van der Waals surface area contributed by atoms with Crippen LogP contribution in [0.4, 0.5) is 0 Å². The molecular formula is C49H36N2. The van der Waals surface area contributed by atoms with Crippen LogP contribution in [-0.4, -0.2) is 9.13 Å². The van der Waals surface area contributed by atoms with Gasteiger partial charge >= 0.3 is 0 Å². The summed E-state index contributed by atoms with van der Waals surface area (Å²) in [7, 11) is 0. The first kappa shape index (κ1) is 29.5. The fourth-order valence-corrected chi connectivity index (χ4v) is 8.10. The molecule has 0 radical (unpaired) electrons. The van der Waals surface area contributed by atoms with Crippen LogP contribution in [0.15, 0.2) is 176 Å². The molecule has 9 aromatic rings. The van der Waals surface area contributed by atoms with E-state index in [1.54, 1.807) is 0 Å². The fraction of sp³-hybridized carbons (Fsp3) is 0.0612. The van der Waals surface area contributed by atoms with Crippen LogP contribution in [0.2, 0.25) is 0 Å². The van der Waals surface area contributed by atoms with Crippen molar-refractivity contribution in [3.8, 4) is 33.6 Å². The van der Waals surface area contributed by atoms with Gasteiger partial charge in [-0.2, -0.15) is 0 Å². The highest BCUT2D eigenvalue weighted by Gasteiger charge is 2.17. The largest absolute Gasteiger partial charge is 0.309 e. The number of fused-ring (bicyclic) bond motifs is 6. The number of rotatable bonds is 5. The van der Waals surface area contributed by atoms with Gasteiger partial charge in [0.15, 0.2) is 0 Å². The molecule has 51 heavy (non-hydrogen) atoms. The number of aryl methyl sites for hydroxylation is 1. The van der Waals surface area contributed by atoms with Gasteiger partial charge in [-0.25, -0.2) is 0 Å². The number of nitrogens with zero attached hydrogens (tertiary/aromatic N) is 2. The van der Waals surface area contributed by atoms with Gasteiger partial charge in [-0.1, -0.05) is 121 Å². The smallest absolute Gasteiger partial charge is 0.0547 e. The highest BCUT2D eigenvalue weighted by Crippen LogP contribution is 2.40. The molecule has 2 aromatic heterocycles. The highest BCUT2D eigenvalue weighted by molar-refractivity contribution is 6.13. The van der Waals surface area contributed by atoms with Gasteiger partial charge < -0.3 is 9.13 Å². The van der Waals surface area contributed by atoms with Crippen LogP contribution in [-0.2, 0) is 0 Å². The number of benzene rings is 7. The standard InChI is InChI=1S/C49H36N2/c1-33-19-21-35(22-20-33)39-23-26-43-45-31-38(25-28-48(45)51(49(43)32-39)41-16-10-13-36(29-41)34-11-4-2-5-12-34)37-24-27-47-44(30-37)42-17-8-9-18-46(42)50(47)40-14-6-3-7-15-40/h2-4,6-11,13-32H,5,12H2,1H3. The van der Waals surface area contributed by atoms with Crippen molar-refractivity contribution in [3.05, 3.63) is 187 Å². The van der Waals surface area contributed by atoms with Gasteiger partial charge in [0, 0.05) is 32.9 Å². The molecule has 0 amide bonds. The van der Waals surface area contributed by atoms with E-state index >= 15 is 0 Å². The summed E-state index contributed by atoms with van der Waals surface area (Å²) in [5.74, 6) is 0. The summed E-state index contributed by atoms with van der Waals surface area (Å²) < 4.78 is 4.84. The van der Waals surface area contributed by atoms with Gasteiger partial charge in [0.1, 0.15) is 0 Å². The Labute approximate surface area is 297 Å². The maximum atomic E-state index is 2.46. The predicted octanol–water partition coefficient (Wildman–Crippen LogP) is 13.3. The van der Waals surface area contributed by atoms with Crippen molar-refractivity contribution in [1.82, 2.24) is 9.13 Å². The second kappa shape index (κ2) is 11.9. The highest BCUT2D eigenvalue weighted by atomic mass is 15.0. The number of hydrogen-bond donors (Lipinski definition) is 0. The summed E-state index contributed by atoms with van der Waals surface area (Å²) >= 11 is 0. The first-order valence-corrected chi connectivity index (χ1v) is 17.9. The van der Waals surface area contributed by atoms with Gasteiger partial charge in [-0.15, -0.1) is 0 Å². The van der Waals surface area contributed by atoms with Gasteiger partial charge in [-0.05, 0) is 114 Å². The average Bonchev–Trinajstić information content (AvgIpc) is 3.70. The maximum Gasteiger partial charge on any atom is 0.0547 e. The van der Waals surface area contributed by atoms with E-state index in [-0.39, 0.29) is 0 Å². The second-order valence-electron chi connectivity index (χ2n) is 13.8. The lowest BCUT2D eigenvalue weighted by molar-refractivity contribution is 1.05. The van der Waals surface area contributed by atoms with Gasteiger partial charge in [0.05, 0.1) is 22.1 Å². The minimum atomic E-state index is 1.07. The molecule has 1 aliphatic carbocycles. The van der Waals surface area contributed by atoms with Crippen LogP contribution in [0.3, 0.4) is 0 Å². The summed E-state index contributed by atoms with van der Waals surface area (Å²) in [5.41, 5.74) is 16.1. The van der Waals surface area contributed by atoms with Crippen molar-refractivity contribution in [1.29, 1.82) is 0 Å². The first-order chi connectivity index (χ1) is 25.2. The van der Waals surface area contributed by atoms with Crippen LogP contribution in [0.25, 0.3) is 82.8 Å². The zero-order valence-corrected chi connectivity index (χ0v) is 28.6. The number of hydrogen-bond acceptors (Lipinski definition) is 0. The summed E-state index contributed by atoms with van der Waals surface area (Å²) in [4.78, 5) is 0. The van der Waals surface area contributed by atoms with Crippen molar-refractivity contribution in [2.24, 2.45) is 0 Å². The molecule has 0 aliphatic heterocycles. The quantitative estimate of drug-likeness (QED) is 0.175.